The van der Waals surface area contributed by atoms with Gasteiger partial charge in [0.2, 0.25) is 0 Å². The number of aryl methyl sites for hydroxylation is 2. The SMILES string of the molecule is Cc1nc(N(Cc2cccc(F)c2)CC(C)C(=O)O)sc1C. The summed E-state index contributed by atoms with van der Waals surface area (Å²) < 4.78 is 13.4. The first-order valence-electron chi connectivity index (χ1n) is 7.03. The maximum Gasteiger partial charge on any atom is 0.308 e. The number of hydrogen-bond acceptors (Lipinski definition) is 4. The van der Waals surface area contributed by atoms with Crippen molar-refractivity contribution in [2.24, 2.45) is 5.92 Å². The zero-order valence-corrected chi connectivity index (χ0v) is 13.7. The molecule has 0 aliphatic heterocycles. The molecule has 1 N–H and O–H groups in total. The third-order valence-electron chi connectivity index (χ3n) is 3.47. The van der Waals surface area contributed by atoms with E-state index in [0.29, 0.717) is 13.1 Å². The number of hydrogen-bond donors (Lipinski definition) is 1. The lowest BCUT2D eigenvalue weighted by molar-refractivity contribution is -0.140. The van der Waals surface area contributed by atoms with Gasteiger partial charge in [0, 0.05) is 18.0 Å². The Morgan fingerprint density at radius 3 is 2.73 bits per heavy atom. The highest BCUT2D eigenvalue weighted by Gasteiger charge is 2.20. The molecule has 0 radical (unpaired) electrons. The molecule has 0 saturated heterocycles. The number of aliphatic carboxylic acids is 1. The molecule has 118 valence electrons. The van der Waals surface area contributed by atoms with Crippen molar-refractivity contribution in [2.45, 2.75) is 27.3 Å². The van der Waals surface area contributed by atoms with Crippen LogP contribution in [0.15, 0.2) is 24.3 Å². The summed E-state index contributed by atoms with van der Waals surface area (Å²) in [6.07, 6.45) is 0. The topological polar surface area (TPSA) is 53.4 Å². The summed E-state index contributed by atoms with van der Waals surface area (Å²) in [5.41, 5.74) is 1.73. The molecule has 0 spiro atoms. The van der Waals surface area contributed by atoms with E-state index in [1.807, 2.05) is 24.8 Å². The van der Waals surface area contributed by atoms with Crippen molar-refractivity contribution in [2.75, 3.05) is 11.4 Å². The van der Waals surface area contributed by atoms with Gasteiger partial charge in [-0.3, -0.25) is 4.79 Å². The number of benzene rings is 1. The van der Waals surface area contributed by atoms with E-state index in [1.165, 1.54) is 23.5 Å². The molecule has 1 aromatic heterocycles. The molecule has 2 aromatic rings. The van der Waals surface area contributed by atoms with Gasteiger partial charge in [0.05, 0.1) is 11.6 Å². The standard InChI is InChI=1S/C16H19FN2O2S/c1-10(15(20)21)8-19(16-18-11(2)12(3)22-16)9-13-5-4-6-14(17)7-13/h4-7,10H,8-9H2,1-3H3,(H,20,21). The molecule has 1 aromatic carbocycles. The number of thiazole rings is 1. The number of rotatable bonds is 6. The van der Waals surface area contributed by atoms with E-state index in [9.17, 15) is 9.18 Å². The summed E-state index contributed by atoms with van der Waals surface area (Å²) in [4.78, 5) is 18.6. The Kier molecular flexibility index (Phi) is 5.13. The fourth-order valence-corrected chi connectivity index (χ4v) is 2.98. The lowest BCUT2D eigenvalue weighted by atomic mass is 10.1. The second-order valence-electron chi connectivity index (χ2n) is 5.39. The van der Waals surface area contributed by atoms with Crippen LogP contribution in [0.4, 0.5) is 9.52 Å². The van der Waals surface area contributed by atoms with Crippen LogP contribution in [0.1, 0.15) is 23.1 Å². The fourth-order valence-electron chi connectivity index (χ4n) is 2.07. The molecule has 0 amide bonds. The zero-order valence-electron chi connectivity index (χ0n) is 12.8. The van der Waals surface area contributed by atoms with Crippen molar-refractivity contribution in [3.63, 3.8) is 0 Å². The van der Waals surface area contributed by atoms with Crippen LogP contribution >= 0.6 is 11.3 Å². The summed E-state index contributed by atoms with van der Waals surface area (Å²) in [6, 6.07) is 6.34. The van der Waals surface area contributed by atoms with Crippen molar-refractivity contribution in [1.82, 2.24) is 4.98 Å². The molecule has 0 saturated carbocycles. The Labute approximate surface area is 133 Å². The van der Waals surface area contributed by atoms with Gasteiger partial charge in [-0.25, -0.2) is 9.37 Å². The number of nitrogens with zero attached hydrogens (tertiary/aromatic N) is 2. The van der Waals surface area contributed by atoms with Crippen LogP contribution in [-0.2, 0) is 11.3 Å². The van der Waals surface area contributed by atoms with Gasteiger partial charge in [0.1, 0.15) is 5.82 Å². The maximum atomic E-state index is 13.4. The molecule has 0 aliphatic carbocycles. The van der Waals surface area contributed by atoms with E-state index in [2.05, 4.69) is 4.98 Å². The van der Waals surface area contributed by atoms with E-state index >= 15 is 0 Å². The molecule has 4 nitrogen and oxygen atoms in total. The number of carboxylic acids is 1. The van der Waals surface area contributed by atoms with E-state index in [4.69, 9.17) is 5.11 Å². The van der Waals surface area contributed by atoms with Crippen molar-refractivity contribution in [3.05, 3.63) is 46.2 Å². The minimum Gasteiger partial charge on any atom is -0.481 e. The van der Waals surface area contributed by atoms with Crippen LogP contribution < -0.4 is 4.90 Å². The molecular formula is C16H19FN2O2S. The monoisotopic (exact) mass is 322 g/mol. The minimum absolute atomic E-state index is 0.296. The van der Waals surface area contributed by atoms with Crippen LogP contribution in [0.3, 0.4) is 0 Å². The fraction of sp³-hybridized carbons (Fsp3) is 0.375. The molecule has 0 bridgehead atoms. The molecule has 1 atom stereocenters. The minimum atomic E-state index is -0.853. The number of halogens is 1. The van der Waals surface area contributed by atoms with E-state index < -0.39 is 11.9 Å². The molecule has 1 unspecified atom stereocenters. The predicted octanol–water partition coefficient (Wildman–Crippen LogP) is 3.63. The van der Waals surface area contributed by atoms with Gasteiger partial charge in [0.25, 0.3) is 0 Å². The van der Waals surface area contributed by atoms with Crippen molar-refractivity contribution >= 4 is 22.4 Å². The zero-order chi connectivity index (χ0) is 16.3. The summed E-state index contributed by atoms with van der Waals surface area (Å²) in [7, 11) is 0. The molecule has 1 heterocycles. The number of anilines is 1. The Hall–Kier alpha value is -1.95. The van der Waals surface area contributed by atoms with Crippen LogP contribution in [0.5, 0.6) is 0 Å². The van der Waals surface area contributed by atoms with E-state index in [0.717, 1.165) is 21.3 Å². The molecule has 6 heteroatoms. The first kappa shape index (κ1) is 16.4. The van der Waals surface area contributed by atoms with Gasteiger partial charge in [0.15, 0.2) is 5.13 Å². The first-order chi connectivity index (χ1) is 10.4. The van der Waals surface area contributed by atoms with Gasteiger partial charge >= 0.3 is 5.97 Å². The maximum absolute atomic E-state index is 13.4. The number of aromatic nitrogens is 1. The predicted molar refractivity (Wildman–Crippen MR) is 85.8 cm³/mol. The molecular weight excluding hydrogens is 303 g/mol. The Morgan fingerprint density at radius 2 is 2.18 bits per heavy atom. The van der Waals surface area contributed by atoms with Crippen molar-refractivity contribution < 1.29 is 14.3 Å². The van der Waals surface area contributed by atoms with Gasteiger partial charge in [-0.05, 0) is 31.5 Å². The summed E-state index contributed by atoms with van der Waals surface area (Å²) in [5, 5.41) is 9.91. The summed E-state index contributed by atoms with van der Waals surface area (Å²) in [6.45, 7) is 6.34. The van der Waals surface area contributed by atoms with Crippen LogP contribution in [-0.4, -0.2) is 22.6 Å². The average Bonchev–Trinajstić information content (AvgIpc) is 2.78. The second kappa shape index (κ2) is 6.87. The molecule has 0 fully saturated rings. The number of carbonyl (C=O) groups is 1. The molecule has 2 rings (SSSR count). The third kappa shape index (κ3) is 4.04. The first-order valence-corrected chi connectivity index (χ1v) is 7.84. The summed E-state index contributed by atoms with van der Waals surface area (Å²) in [5.74, 6) is -1.68. The van der Waals surface area contributed by atoms with Gasteiger partial charge in [-0.2, -0.15) is 0 Å². The normalized spacial score (nSPS) is 12.2. The Bertz CT molecular complexity index is 652. The largest absolute Gasteiger partial charge is 0.481 e. The average molecular weight is 322 g/mol. The third-order valence-corrected chi connectivity index (χ3v) is 4.60. The highest BCUT2D eigenvalue weighted by molar-refractivity contribution is 7.15. The second-order valence-corrected chi connectivity index (χ2v) is 6.57. The van der Waals surface area contributed by atoms with Crippen molar-refractivity contribution in [1.29, 1.82) is 0 Å². The van der Waals surface area contributed by atoms with Crippen LogP contribution in [0.2, 0.25) is 0 Å². The van der Waals surface area contributed by atoms with Gasteiger partial charge < -0.3 is 10.0 Å². The van der Waals surface area contributed by atoms with Crippen molar-refractivity contribution in [3.8, 4) is 0 Å². The highest BCUT2D eigenvalue weighted by Crippen LogP contribution is 2.27. The molecule has 22 heavy (non-hydrogen) atoms. The Morgan fingerprint density at radius 1 is 1.45 bits per heavy atom. The van der Waals surface area contributed by atoms with Gasteiger partial charge in [-0.1, -0.05) is 19.1 Å². The lowest BCUT2D eigenvalue weighted by Gasteiger charge is -2.24. The lowest BCUT2D eigenvalue weighted by Crippen LogP contribution is -2.31. The van der Waals surface area contributed by atoms with Gasteiger partial charge in [-0.15, -0.1) is 11.3 Å². The highest BCUT2D eigenvalue weighted by atomic mass is 32.1. The smallest absolute Gasteiger partial charge is 0.308 e. The molecule has 0 aliphatic rings. The van der Waals surface area contributed by atoms with E-state index in [-0.39, 0.29) is 5.82 Å². The quantitative estimate of drug-likeness (QED) is 0.882. The summed E-state index contributed by atoms with van der Waals surface area (Å²) >= 11 is 1.53. The Balaban J connectivity index is 2.26. The van der Waals surface area contributed by atoms with E-state index in [1.54, 1.807) is 13.0 Å². The van der Waals surface area contributed by atoms with Crippen LogP contribution in [0.25, 0.3) is 0 Å². The van der Waals surface area contributed by atoms with Crippen LogP contribution in [0, 0.1) is 25.6 Å². The number of carboxylic acid groups (broad SMARTS) is 1.